The molecule has 0 radical (unpaired) electrons. The second kappa shape index (κ2) is 7.47. The lowest BCUT2D eigenvalue weighted by Crippen LogP contribution is -3.29. The third kappa shape index (κ3) is 4.02. The number of benzene rings is 1. The Kier molecular flexibility index (Phi) is 5.37. The van der Waals surface area contributed by atoms with Crippen LogP contribution in [0.5, 0.6) is 5.75 Å². The van der Waals surface area contributed by atoms with Gasteiger partial charge in [0.2, 0.25) is 0 Å². The molecule has 1 aliphatic carbocycles. The fourth-order valence-corrected chi connectivity index (χ4v) is 4.39. The van der Waals surface area contributed by atoms with E-state index in [0.29, 0.717) is 0 Å². The van der Waals surface area contributed by atoms with Crippen LogP contribution in [0, 0.1) is 5.92 Å². The summed E-state index contributed by atoms with van der Waals surface area (Å²) in [4.78, 5) is 3.63. The van der Waals surface area contributed by atoms with Crippen molar-refractivity contribution in [3.8, 4) is 5.75 Å². The molecule has 0 aromatic heterocycles. The largest absolute Gasteiger partial charge is 0.497 e. The van der Waals surface area contributed by atoms with Gasteiger partial charge in [-0.1, -0.05) is 25.5 Å². The van der Waals surface area contributed by atoms with Crippen molar-refractivity contribution in [1.29, 1.82) is 0 Å². The Bertz CT molecular complexity index is 468. The molecule has 0 unspecified atom stereocenters. The molecule has 2 fully saturated rings. The maximum absolute atomic E-state index is 5.34. The van der Waals surface area contributed by atoms with Crippen LogP contribution in [0.15, 0.2) is 24.3 Å². The summed E-state index contributed by atoms with van der Waals surface area (Å²) in [6.45, 7) is 8.93. The van der Waals surface area contributed by atoms with Gasteiger partial charge in [0.15, 0.2) is 0 Å². The maximum Gasteiger partial charge on any atom is 0.127 e. The summed E-state index contributed by atoms with van der Waals surface area (Å²) < 4.78 is 5.34. The minimum atomic E-state index is 0.946. The van der Waals surface area contributed by atoms with Gasteiger partial charge in [0, 0.05) is 12.0 Å². The summed E-state index contributed by atoms with van der Waals surface area (Å²) in [6, 6.07) is 9.51. The number of nitrogens with one attached hydrogen (secondary N) is 2. The SMILES string of the molecule is COc1cccc(C[NH+]2CC[NH+]([C@@H]3CCC[C@H](C)C3)CC2)c1. The van der Waals surface area contributed by atoms with Gasteiger partial charge < -0.3 is 14.5 Å². The van der Waals surface area contributed by atoms with E-state index in [0.717, 1.165) is 24.3 Å². The lowest BCUT2D eigenvalue weighted by molar-refractivity contribution is -1.03. The van der Waals surface area contributed by atoms with Crippen molar-refractivity contribution in [3.05, 3.63) is 29.8 Å². The molecule has 0 spiro atoms. The molecule has 2 N–H and O–H groups in total. The normalized spacial score (nSPS) is 32.6. The average Bonchev–Trinajstić information content (AvgIpc) is 2.56. The van der Waals surface area contributed by atoms with E-state index >= 15 is 0 Å². The topological polar surface area (TPSA) is 18.1 Å². The Hall–Kier alpha value is -1.06. The molecule has 1 aromatic rings. The summed E-state index contributed by atoms with van der Waals surface area (Å²) in [6.07, 6.45) is 5.83. The lowest BCUT2D eigenvalue weighted by Gasteiger charge is -2.37. The van der Waals surface area contributed by atoms with E-state index in [1.165, 1.54) is 57.4 Å². The maximum atomic E-state index is 5.34. The fourth-order valence-electron chi connectivity index (χ4n) is 4.39. The first-order valence-electron chi connectivity index (χ1n) is 9.05. The van der Waals surface area contributed by atoms with Crippen molar-refractivity contribution >= 4 is 0 Å². The Morgan fingerprint density at radius 3 is 2.68 bits per heavy atom. The van der Waals surface area contributed by atoms with Crippen LogP contribution in [0.1, 0.15) is 38.2 Å². The smallest absolute Gasteiger partial charge is 0.127 e. The molecule has 1 saturated carbocycles. The Labute approximate surface area is 135 Å². The van der Waals surface area contributed by atoms with Gasteiger partial charge in [-0.25, -0.2) is 0 Å². The minimum absolute atomic E-state index is 0.946. The van der Waals surface area contributed by atoms with Crippen molar-refractivity contribution in [3.63, 3.8) is 0 Å². The number of quaternary nitrogens is 2. The second-order valence-electron chi connectivity index (χ2n) is 7.41. The van der Waals surface area contributed by atoms with Crippen LogP contribution in [-0.4, -0.2) is 39.3 Å². The number of hydrogen-bond acceptors (Lipinski definition) is 1. The van der Waals surface area contributed by atoms with E-state index in [4.69, 9.17) is 4.74 Å². The van der Waals surface area contributed by atoms with Crippen molar-refractivity contribution in [1.82, 2.24) is 0 Å². The highest BCUT2D eigenvalue weighted by Gasteiger charge is 2.32. The fraction of sp³-hybridized carbons (Fsp3) is 0.684. The molecule has 22 heavy (non-hydrogen) atoms. The highest BCUT2D eigenvalue weighted by Crippen LogP contribution is 2.21. The molecule has 1 aromatic carbocycles. The summed E-state index contributed by atoms with van der Waals surface area (Å²) >= 11 is 0. The number of methoxy groups -OCH3 is 1. The van der Waals surface area contributed by atoms with Crippen LogP contribution in [0.3, 0.4) is 0 Å². The van der Waals surface area contributed by atoms with Gasteiger partial charge in [0.25, 0.3) is 0 Å². The first-order chi connectivity index (χ1) is 10.7. The van der Waals surface area contributed by atoms with Gasteiger partial charge >= 0.3 is 0 Å². The van der Waals surface area contributed by atoms with E-state index in [9.17, 15) is 0 Å². The average molecular weight is 304 g/mol. The van der Waals surface area contributed by atoms with Gasteiger partial charge in [0.1, 0.15) is 38.5 Å². The molecule has 0 bridgehead atoms. The molecule has 3 rings (SSSR count). The summed E-state index contributed by atoms with van der Waals surface area (Å²) in [5, 5.41) is 0. The zero-order valence-corrected chi connectivity index (χ0v) is 14.2. The monoisotopic (exact) mass is 304 g/mol. The molecule has 1 aliphatic heterocycles. The molecule has 3 heteroatoms. The molecule has 1 heterocycles. The number of rotatable bonds is 4. The Morgan fingerprint density at radius 2 is 1.95 bits per heavy atom. The van der Waals surface area contributed by atoms with Crippen molar-refractivity contribution in [2.75, 3.05) is 33.3 Å². The number of piperazine rings is 1. The highest BCUT2D eigenvalue weighted by molar-refractivity contribution is 5.27. The first kappa shape index (κ1) is 15.8. The predicted octanol–water partition coefficient (Wildman–Crippen LogP) is 0.557. The van der Waals surface area contributed by atoms with Gasteiger partial charge in [-0.2, -0.15) is 0 Å². The molecule has 2 aliphatic rings. The summed E-state index contributed by atoms with van der Waals surface area (Å²) in [5.41, 5.74) is 1.41. The van der Waals surface area contributed by atoms with E-state index in [1.807, 2.05) is 11.0 Å². The van der Waals surface area contributed by atoms with E-state index in [1.54, 1.807) is 12.0 Å². The Balaban J connectivity index is 1.49. The van der Waals surface area contributed by atoms with Crippen LogP contribution < -0.4 is 14.5 Å². The summed E-state index contributed by atoms with van der Waals surface area (Å²) in [7, 11) is 1.75. The molecule has 3 nitrogen and oxygen atoms in total. The number of hydrogen-bond donors (Lipinski definition) is 2. The molecular weight excluding hydrogens is 272 g/mol. The van der Waals surface area contributed by atoms with Gasteiger partial charge in [-0.15, -0.1) is 0 Å². The lowest BCUT2D eigenvalue weighted by atomic mass is 9.86. The molecular formula is C19H32N2O+2. The van der Waals surface area contributed by atoms with Crippen molar-refractivity contribution in [2.45, 2.75) is 45.2 Å². The summed E-state index contributed by atoms with van der Waals surface area (Å²) in [5.74, 6) is 1.94. The van der Waals surface area contributed by atoms with Crippen LogP contribution in [-0.2, 0) is 6.54 Å². The third-order valence-corrected chi connectivity index (χ3v) is 5.70. The molecule has 0 amide bonds. The van der Waals surface area contributed by atoms with Crippen LogP contribution in [0.2, 0.25) is 0 Å². The molecule has 2 atom stereocenters. The predicted molar refractivity (Wildman–Crippen MR) is 89.5 cm³/mol. The highest BCUT2D eigenvalue weighted by atomic mass is 16.5. The third-order valence-electron chi connectivity index (χ3n) is 5.70. The van der Waals surface area contributed by atoms with Crippen LogP contribution >= 0.6 is 0 Å². The standard InChI is InChI=1S/C19H30N2O/c1-16-5-3-7-18(13-16)21-11-9-20(10-12-21)15-17-6-4-8-19(14-17)22-2/h4,6,8,14,16,18H,3,5,7,9-13,15H2,1-2H3/p+2/t16-,18+/m0/s1. The Morgan fingerprint density at radius 1 is 1.14 bits per heavy atom. The zero-order chi connectivity index (χ0) is 15.4. The van der Waals surface area contributed by atoms with Crippen molar-refractivity contribution < 1.29 is 14.5 Å². The number of ether oxygens (including phenoxy) is 1. The van der Waals surface area contributed by atoms with E-state index in [2.05, 4.69) is 25.1 Å². The molecule has 122 valence electrons. The zero-order valence-electron chi connectivity index (χ0n) is 14.2. The second-order valence-corrected chi connectivity index (χ2v) is 7.41. The van der Waals surface area contributed by atoms with E-state index in [-0.39, 0.29) is 0 Å². The molecule has 1 saturated heterocycles. The van der Waals surface area contributed by atoms with Crippen LogP contribution in [0.4, 0.5) is 0 Å². The van der Waals surface area contributed by atoms with Crippen molar-refractivity contribution in [2.24, 2.45) is 5.92 Å². The van der Waals surface area contributed by atoms with E-state index < -0.39 is 0 Å². The minimum Gasteiger partial charge on any atom is -0.497 e. The van der Waals surface area contributed by atoms with Gasteiger partial charge in [0.05, 0.1) is 13.2 Å². The quantitative estimate of drug-likeness (QED) is 0.832. The van der Waals surface area contributed by atoms with Crippen LogP contribution in [0.25, 0.3) is 0 Å². The van der Waals surface area contributed by atoms with Gasteiger partial charge in [-0.05, 0) is 30.9 Å². The van der Waals surface area contributed by atoms with Gasteiger partial charge in [-0.3, -0.25) is 0 Å². The first-order valence-corrected chi connectivity index (χ1v) is 9.05.